The molecule has 1 saturated heterocycles. The second kappa shape index (κ2) is 11.9. The minimum atomic E-state index is -3.76. The van der Waals surface area contributed by atoms with Crippen LogP contribution in [0.1, 0.15) is 41.1 Å². The van der Waals surface area contributed by atoms with Crippen LogP contribution >= 0.6 is 0 Å². The van der Waals surface area contributed by atoms with Gasteiger partial charge in [-0.3, -0.25) is 4.57 Å². The predicted molar refractivity (Wildman–Crippen MR) is 166 cm³/mol. The quantitative estimate of drug-likeness (QED) is 0.158. The van der Waals surface area contributed by atoms with E-state index < -0.39 is 42.2 Å². The molecule has 7 rings (SSSR count). The number of anilines is 2. The molecule has 3 aromatic carbocycles. The van der Waals surface area contributed by atoms with E-state index >= 15 is 8.78 Å². The monoisotopic (exact) mass is 645 g/mol. The van der Waals surface area contributed by atoms with Gasteiger partial charge in [0.25, 0.3) is 0 Å². The Morgan fingerprint density at radius 2 is 1.72 bits per heavy atom. The first-order valence-electron chi connectivity index (χ1n) is 15.2. The maximum Gasteiger partial charge on any atom is 0.309 e. The van der Waals surface area contributed by atoms with E-state index in [9.17, 15) is 20.4 Å². The number of benzene rings is 3. The summed E-state index contributed by atoms with van der Waals surface area (Å²) in [5.74, 6) is -3.04. The first-order valence-corrected chi connectivity index (χ1v) is 15.2. The number of fused-ring (bicyclic) bond motifs is 2. The molecular weight excluding hydrogens is 612 g/mol. The van der Waals surface area contributed by atoms with Crippen LogP contribution in [0, 0.1) is 6.92 Å². The van der Waals surface area contributed by atoms with Crippen molar-refractivity contribution in [2.24, 2.45) is 0 Å². The van der Waals surface area contributed by atoms with Crippen molar-refractivity contribution in [1.82, 2.24) is 19.5 Å². The maximum atomic E-state index is 15.1. The van der Waals surface area contributed by atoms with Gasteiger partial charge in [0.05, 0.1) is 12.0 Å². The van der Waals surface area contributed by atoms with E-state index in [1.54, 1.807) is 47.9 Å². The van der Waals surface area contributed by atoms with Crippen molar-refractivity contribution in [3.63, 3.8) is 0 Å². The average molecular weight is 646 g/mol. The number of nitrogens with zero attached hydrogens (tertiary/aromatic N) is 4. The zero-order valence-electron chi connectivity index (χ0n) is 25.2. The van der Waals surface area contributed by atoms with Crippen LogP contribution in [0.25, 0.3) is 11.2 Å². The number of imidazole rings is 1. The first-order chi connectivity index (χ1) is 22.6. The van der Waals surface area contributed by atoms with E-state index in [1.807, 2.05) is 30.3 Å². The zero-order valence-corrected chi connectivity index (χ0v) is 25.2. The van der Waals surface area contributed by atoms with E-state index in [0.717, 1.165) is 5.69 Å². The maximum absolute atomic E-state index is 15.1. The molecule has 1 aliphatic carbocycles. The Morgan fingerprint density at radius 1 is 0.957 bits per heavy atom. The number of aliphatic hydroxyl groups is 4. The summed E-state index contributed by atoms with van der Waals surface area (Å²) < 4.78 is 43.7. The molecule has 2 aromatic heterocycles. The number of aryl methyl sites for hydroxylation is 2. The third-order valence-electron chi connectivity index (χ3n) is 8.92. The van der Waals surface area contributed by atoms with Crippen molar-refractivity contribution in [1.29, 1.82) is 0 Å². The van der Waals surface area contributed by atoms with Crippen LogP contribution in [-0.2, 0) is 16.8 Å². The number of nitrogens with one attached hydrogen (secondary N) is 1. The summed E-state index contributed by atoms with van der Waals surface area (Å²) >= 11 is 0. The Labute approximate surface area is 268 Å². The highest BCUT2D eigenvalue weighted by atomic mass is 19.3. The van der Waals surface area contributed by atoms with E-state index in [-0.39, 0.29) is 30.6 Å². The lowest BCUT2D eigenvalue weighted by Crippen LogP contribution is -2.44. The first kappa shape index (κ1) is 31.1. The normalized spacial score (nSPS) is 26.4. The van der Waals surface area contributed by atoms with Crippen molar-refractivity contribution in [3.8, 4) is 5.75 Å². The van der Waals surface area contributed by atoms with Gasteiger partial charge in [-0.25, -0.2) is 9.97 Å². The van der Waals surface area contributed by atoms with Gasteiger partial charge < -0.3 is 35.2 Å². The minimum absolute atomic E-state index is 0.0151. The summed E-state index contributed by atoms with van der Waals surface area (Å²) in [6, 6.07) is 22.1. The fourth-order valence-corrected chi connectivity index (χ4v) is 6.36. The minimum Gasteiger partial charge on any atom is -0.491 e. The lowest BCUT2D eigenvalue weighted by atomic mass is 9.86. The van der Waals surface area contributed by atoms with Gasteiger partial charge in [0.1, 0.15) is 42.3 Å². The van der Waals surface area contributed by atoms with Crippen molar-refractivity contribution >= 4 is 22.8 Å². The lowest BCUT2D eigenvalue weighted by Gasteiger charge is -2.32. The van der Waals surface area contributed by atoms with Gasteiger partial charge in [0.2, 0.25) is 5.95 Å². The number of hydrogen-bond acceptors (Lipinski definition) is 10. The average Bonchev–Trinajstić information content (AvgIpc) is 3.66. The molecule has 0 radical (unpaired) electrons. The van der Waals surface area contributed by atoms with E-state index in [0.29, 0.717) is 34.1 Å². The summed E-state index contributed by atoms with van der Waals surface area (Å²) in [6.45, 7) is 1.67. The van der Waals surface area contributed by atoms with Crippen molar-refractivity contribution < 1.29 is 38.7 Å². The molecule has 0 saturated carbocycles. The SMILES string of the molecule is Cc1nc(Nc2ccccc2)nc2c1ncn2[C@@H]1O[C@H](COc2cccc(CC[C@]3(O)c4ccccc4[C@@H](O)C3(F)F)c2)[C@@H](O)[C@H]1O. The third kappa shape index (κ3) is 5.39. The smallest absolute Gasteiger partial charge is 0.309 e. The van der Waals surface area contributed by atoms with Gasteiger partial charge in [-0.1, -0.05) is 54.6 Å². The summed E-state index contributed by atoms with van der Waals surface area (Å²) in [5, 5.41) is 46.3. The van der Waals surface area contributed by atoms with E-state index in [2.05, 4.69) is 20.3 Å². The summed E-state index contributed by atoms with van der Waals surface area (Å²) in [5.41, 5.74) is 0.453. The number of hydrogen-bond donors (Lipinski definition) is 5. The van der Waals surface area contributed by atoms with Crippen LogP contribution in [0.4, 0.5) is 20.4 Å². The molecular formula is C34H33F2N5O6. The van der Waals surface area contributed by atoms with Crippen molar-refractivity contribution in [3.05, 3.63) is 108 Å². The summed E-state index contributed by atoms with van der Waals surface area (Å²) in [6.07, 6.45) is -5.43. The number of halogens is 2. The van der Waals surface area contributed by atoms with Gasteiger partial charge in [0.15, 0.2) is 17.5 Å². The number of aromatic nitrogens is 4. The van der Waals surface area contributed by atoms with Gasteiger partial charge in [-0.05, 0) is 60.7 Å². The Hall–Kier alpha value is -4.53. The van der Waals surface area contributed by atoms with Crippen LogP contribution in [0.3, 0.4) is 0 Å². The van der Waals surface area contributed by atoms with Gasteiger partial charge in [0, 0.05) is 5.69 Å². The summed E-state index contributed by atoms with van der Waals surface area (Å²) in [4.78, 5) is 13.5. The Bertz CT molecular complexity index is 1910. The molecule has 0 amide bonds. The molecule has 0 bridgehead atoms. The molecule has 47 heavy (non-hydrogen) atoms. The molecule has 11 nitrogen and oxygen atoms in total. The number of alkyl halides is 2. The lowest BCUT2D eigenvalue weighted by molar-refractivity contribution is -0.226. The molecule has 1 fully saturated rings. The summed E-state index contributed by atoms with van der Waals surface area (Å²) in [7, 11) is 0. The third-order valence-corrected chi connectivity index (χ3v) is 8.92. The standard InChI is InChI=1S/C34H33F2N5O6/c1-19-26-30(40-32(38-19)39-21-9-3-2-4-10-21)41(18-37-26)31-28(43)27(42)25(47-31)17-46-22-11-7-8-20(16-22)14-15-33(45)24-13-6-5-12-23(24)29(44)34(33,35)36/h2-13,16,18,25,27-29,31,42-45H,14-15,17H2,1H3,(H,38,39,40)/t25-,27-,28-,29-,31-,33+/m1/s1. The number of aliphatic hydroxyl groups excluding tert-OH is 3. The molecule has 1 aliphatic heterocycles. The van der Waals surface area contributed by atoms with Gasteiger partial charge in [-0.2, -0.15) is 13.8 Å². The zero-order chi connectivity index (χ0) is 32.9. The van der Waals surface area contributed by atoms with Crippen LogP contribution in [0.15, 0.2) is 85.2 Å². The molecule has 0 spiro atoms. The van der Waals surface area contributed by atoms with Gasteiger partial charge >= 0.3 is 5.92 Å². The number of para-hydroxylation sites is 1. The van der Waals surface area contributed by atoms with Gasteiger partial charge in [-0.15, -0.1) is 0 Å². The van der Waals surface area contributed by atoms with Crippen molar-refractivity contribution in [2.45, 2.75) is 61.9 Å². The molecule has 2 aliphatic rings. The Kier molecular flexibility index (Phi) is 7.89. The predicted octanol–water partition coefficient (Wildman–Crippen LogP) is 4.08. The highest BCUT2D eigenvalue weighted by Gasteiger charge is 2.64. The molecule has 5 N–H and O–H groups in total. The van der Waals surface area contributed by atoms with Crippen LogP contribution in [0.2, 0.25) is 0 Å². The molecule has 13 heteroatoms. The second-order valence-electron chi connectivity index (χ2n) is 11.9. The highest BCUT2D eigenvalue weighted by molar-refractivity contribution is 5.75. The topological polar surface area (TPSA) is 155 Å². The largest absolute Gasteiger partial charge is 0.491 e. The highest BCUT2D eigenvalue weighted by Crippen LogP contribution is 2.56. The molecule has 6 atom stereocenters. The number of ether oxygens (including phenoxy) is 2. The Balaban J connectivity index is 1.03. The molecule has 244 valence electrons. The van der Waals surface area contributed by atoms with Crippen LogP contribution < -0.4 is 10.1 Å². The fraction of sp³-hybridized carbons (Fsp3) is 0.324. The molecule has 3 heterocycles. The second-order valence-corrected chi connectivity index (χ2v) is 11.9. The molecule has 5 aromatic rings. The number of rotatable bonds is 9. The Morgan fingerprint density at radius 3 is 2.53 bits per heavy atom. The fourth-order valence-electron chi connectivity index (χ4n) is 6.36. The van der Waals surface area contributed by atoms with Crippen LogP contribution in [-0.4, -0.2) is 70.8 Å². The van der Waals surface area contributed by atoms with E-state index in [1.165, 1.54) is 18.5 Å². The molecule has 0 unspecified atom stereocenters. The van der Waals surface area contributed by atoms with Crippen LogP contribution in [0.5, 0.6) is 5.75 Å². The van der Waals surface area contributed by atoms with Crippen molar-refractivity contribution in [2.75, 3.05) is 11.9 Å². The van der Waals surface area contributed by atoms with E-state index in [4.69, 9.17) is 9.47 Å².